The molecule has 0 spiro atoms. The highest BCUT2D eigenvalue weighted by molar-refractivity contribution is 5.65. The molecule has 1 aromatic heterocycles. The third-order valence-electron chi connectivity index (χ3n) is 3.47. The van der Waals surface area contributed by atoms with E-state index in [1.165, 1.54) is 31.3 Å². The van der Waals surface area contributed by atoms with Crippen LogP contribution in [0, 0.1) is 0 Å². The van der Waals surface area contributed by atoms with Crippen LogP contribution in [0.2, 0.25) is 0 Å². The lowest BCUT2D eigenvalue weighted by atomic mass is 10.0. The Labute approximate surface area is 109 Å². The predicted octanol–water partition coefficient (Wildman–Crippen LogP) is 2.91. The summed E-state index contributed by atoms with van der Waals surface area (Å²) in [5.74, 6) is 0. The molecular weight excluding hydrogens is 226 g/mol. The van der Waals surface area contributed by atoms with E-state index in [4.69, 9.17) is 4.63 Å². The van der Waals surface area contributed by atoms with Crippen LogP contribution in [-0.4, -0.2) is 35.4 Å². The van der Waals surface area contributed by atoms with Gasteiger partial charge in [0, 0.05) is 13.1 Å². The van der Waals surface area contributed by atoms with E-state index in [0.29, 0.717) is 0 Å². The number of unbranched alkanes of at least 4 members (excludes halogenated alkanes) is 3. The molecule has 1 aromatic rings. The van der Waals surface area contributed by atoms with Crippen LogP contribution in [0.3, 0.4) is 0 Å². The van der Waals surface area contributed by atoms with Crippen LogP contribution in [0.25, 0.3) is 5.57 Å². The molecule has 0 N–H and O–H groups in total. The summed E-state index contributed by atoms with van der Waals surface area (Å²) in [7, 11) is 2.14. The number of rotatable bonds is 6. The fourth-order valence-electron chi connectivity index (χ4n) is 2.40. The fraction of sp³-hybridized carbons (Fsp3) is 0.714. The lowest BCUT2D eigenvalue weighted by molar-refractivity contribution is 0.301. The molecule has 0 saturated heterocycles. The van der Waals surface area contributed by atoms with Crippen molar-refractivity contribution in [2.24, 2.45) is 0 Å². The summed E-state index contributed by atoms with van der Waals surface area (Å²) in [6.07, 6.45) is 9.36. The van der Waals surface area contributed by atoms with Gasteiger partial charge in [-0.1, -0.05) is 37.4 Å². The second-order valence-electron chi connectivity index (χ2n) is 5.13. The molecule has 0 aliphatic carbocycles. The topological polar surface area (TPSA) is 42.2 Å². The van der Waals surface area contributed by atoms with Gasteiger partial charge in [0.05, 0.1) is 0 Å². The molecule has 0 fully saturated rings. The van der Waals surface area contributed by atoms with Gasteiger partial charge in [-0.15, -0.1) is 0 Å². The molecule has 2 heterocycles. The molecule has 0 radical (unpaired) electrons. The molecule has 0 bridgehead atoms. The Morgan fingerprint density at radius 1 is 1.28 bits per heavy atom. The van der Waals surface area contributed by atoms with Gasteiger partial charge in [0.25, 0.3) is 0 Å². The van der Waals surface area contributed by atoms with Gasteiger partial charge in [-0.05, 0) is 37.0 Å². The zero-order chi connectivity index (χ0) is 12.8. The average molecular weight is 249 g/mol. The standard InChI is InChI=1S/C14H23N3O/c1-3-4-5-6-9-13-14(16-18-15-13)12-8-7-10-17(2)11-12/h8H,3-7,9-11H2,1-2H3. The normalized spacial score (nSPS) is 16.9. The van der Waals surface area contributed by atoms with Crippen LogP contribution >= 0.6 is 0 Å². The second-order valence-corrected chi connectivity index (χ2v) is 5.13. The van der Waals surface area contributed by atoms with Crippen LogP contribution in [-0.2, 0) is 6.42 Å². The van der Waals surface area contributed by atoms with Gasteiger partial charge < -0.3 is 4.90 Å². The Balaban J connectivity index is 1.96. The highest BCUT2D eigenvalue weighted by atomic mass is 16.6. The molecule has 4 nitrogen and oxygen atoms in total. The van der Waals surface area contributed by atoms with Crippen molar-refractivity contribution in [3.63, 3.8) is 0 Å². The van der Waals surface area contributed by atoms with Crippen molar-refractivity contribution >= 4 is 5.57 Å². The largest absolute Gasteiger partial charge is 0.302 e. The first-order chi connectivity index (χ1) is 8.81. The van der Waals surface area contributed by atoms with Crippen LogP contribution < -0.4 is 0 Å². The van der Waals surface area contributed by atoms with Crippen LogP contribution in [0.5, 0.6) is 0 Å². The molecule has 0 unspecified atom stereocenters. The summed E-state index contributed by atoms with van der Waals surface area (Å²) in [6.45, 7) is 4.31. The smallest absolute Gasteiger partial charge is 0.135 e. The van der Waals surface area contributed by atoms with Crippen molar-refractivity contribution < 1.29 is 4.63 Å². The summed E-state index contributed by atoms with van der Waals surface area (Å²) in [5, 5.41) is 8.16. The van der Waals surface area contributed by atoms with Gasteiger partial charge in [0.2, 0.25) is 0 Å². The number of nitrogens with zero attached hydrogens (tertiary/aromatic N) is 3. The number of aryl methyl sites for hydroxylation is 1. The van der Waals surface area contributed by atoms with E-state index >= 15 is 0 Å². The third kappa shape index (κ3) is 3.42. The number of hydrogen-bond donors (Lipinski definition) is 0. The first-order valence-electron chi connectivity index (χ1n) is 7.00. The molecular formula is C14H23N3O. The summed E-state index contributed by atoms with van der Waals surface area (Å²) >= 11 is 0. The molecule has 1 aliphatic heterocycles. The van der Waals surface area contributed by atoms with E-state index < -0.39 is 0 Å². The average Bonchev–Trinajstić information content (AvgIpc) is 2.83. The Hall–Kier alpha value is -1.16. The molecule has 4 heteroatoms. The van der Waals surface area contributed by atoms with Gasteiger partial charge in [0.15, 0.2) is 0 Å². The highest BCUT2D eigenvalue weighted by Gasteiger charge is 2.18. The Kier molecular flexibility index (Phi) is 4.93. The minimum Gasteiger partial charge on any atom is -0.302 e. The van der Waals surface area contributed by atoms with Gasteiger partial charge in [0.1, 0.15) is 11.4 Å². The van der Waals surface area contributed by atoms with Crippen LogP contribution in [0.15, 0.2) is 10.7 Å². The SMILES string of the molecule is CCCCCCc1nonc1C1=CCCN(C)C1. The van der Waals surface area contributed by atoms with Crippen molar-refractivity contribution in [1.82, 2.24) is 15.2 Å². The minimum absolute atomic E-state index is 0.955. The van der Waals surface area contributed by atoms with Gasteiger partial charge >= 0.3 is 0 Å². The maximum atomic E-state index is 4.93. The van der Waals surface area contributed by atoms with Gasteiger partial charge in [-0.25, -0.2) is 4.63 Å². The van der Waals surface area contributed by atoms with Crippen LogP contribution in [0.1, 0.15) is 50.4 Å². The third-order valence-corrected chi connectivity index (χ3v) is 3.47. The summed E-state index contributed by atoms with van der Waals surface area (Å²) < 4.78 is 4.93. The zero-order valence-electron chi connectivity index (χ0n) is 11.5. The minimum atomic E-state index is 0.955. The van der Waals surface area contributed by atoms with Crippen molar-refractivity contribution in [2.75, 3.05) is 20.1 Å². The molecule has 0 amide bonds. The number of aromatic nitrogens is 2. The first kappa shape index (κ1) is 13.3. The second kappa shape index (κ2) is 6.69. The lowest BCUT2D eigenvalue weighted by Gasteiger charge is -2.21. The monoisotopic (exact) mass is 249 g/mol. The maximum Gasteiger partial charge on any atom is 0.135 e. The molecule has 100 valence electrons. The van der Waals surface area contributed by atoms with E-state index in [1.54, 1.807) is 0 Å². The molecule has 0 aromatic carbocycles. The molecule has 1 aliphatic rings. The highest BCUT2D eigenvalue weighted by Crippen LogP contribution is 2.22. The van der Waals surface area contributed by atoms with Gasteiger partial charge in [-0.2, -0.15) is 0 Å². The predicted molar refractivity (Wildman–Crippen MR) is 72.2 cm³/mol. The molecule has 0 atom stereocenters. The summed E-state index contributed by atoms with van der Waals surface area (Å²) in [5.41, 5.74) is 3.29. The summed E-state index contributed by atoms with van der Waals surface area (Å²) in [4.78, 5) is 2.31. The Morgan fingerprint density at radius 2 is 2.17 bits per heavy atom. The van der Waals surface area contributed by atoms with Crippen molar-refractivity contribution in [3.8, 4) is 0 Å². The fourth-order valence-corrected chi connectivity index (χ4v) is 2.40. The lowest BCUT2D eigenvalue weighted by Crippen LogP contribution is -2.25. The van der Waals surface area contributed by atoms with Crippen molar-refractivity contribution in [2.45, 2.75) is 45.4 Å². The van der Waals surface area contributed by atoms with E-state index in [-0.39, 0.29) is 0 Å². The van der Waals surface area contributed by atoms with Crippen LogP contribution in [0.4, 0.5) is 0 Å². The van der Waals surface area contributed by atoms with Gasteiger partial charge in [-0.3, -0.25) is 0 Å². The number of likely N-dealkylation sites (N-methyl/N-ethyl adjacent to an activating group) is 1. The van der Waals surface area contributed by atoms with Crippen molar-refractivity contribution in [1.29, 1.82) is 0 Å². The number of hydrogen-bond acceptors (Lipinski definition) is 4. The zero-order valence-corrected chi connectivity index (χ0v) is 11.5. The quantitative estimate of drug-likeness (QED) is 0.727. The maximum absolute atomic E-state index is 4.93. The molecule has 18 heavy (non-hydrogen) atoms. The first-order valence-corrected chi connectivity index (χ1v) is 7.00. The van der Waals surface area contributed by atoms with E-state index in [2.05, 4.69) is 35.3 Å². The van der Waals surface area contributed by atoms with E-state index in [0.717, 1.165) is 37.3 Å². The summed E-state index contributed by atoms with van der Waals surface area (Å²) in [6, 6.07) is 0. The Morgan fingerprint density at radius 3 is 2.94 bits per heavy atom. The molecule has 0 saturated carbocycles. The van der Waals surface area contributed by atoms with Crippen molar-refractivity contribution in [3.05, 3.63) is 17.5 Å². The van der Waals surface area contributed by atoms with E-state index in [9.17, 15) is 0 Å². The van der Waals surface area contributed by atoms with E-state index in [1.807, 2.05) is 0 Å². The Bertz CT molecular complexity index is 397. The molecule has 2 rings (SSSR count).